The number of rotatable bonds is 3. The maximum atomic E-state index is 13.5. The van der Waals surface area contributed by atoms with Crippen LogP contribution in [0, 0.1) is 12.7 Å². The van der Waals surface area contributed by atoms with Gasteiger partial charge in [0.15, 0.2) is 0 Å². The highest BCUT2D eigenvalue weighted by Gasteiger charge is 2.37. The average Bonchev–Trinajstić information content (AvgIpc) is 2.79. The molecule has 0 aliphatic carbocycles. The number of carbonyl (C=O) groups is 2. The van der Waals surface area contributed by atoms with Gasteiger partial charge in [-0.15, -0.1) is 0 Å². The maximum Gasteiger partial charge on any atom is 0.248 e. The lowest BCUT2D eigenvalue weighted by Crippen LogP contribution is -2.26. The predicted molar refractivity (Wildman–Crippen MR) is 96.9 cm³/mol. The summed E-state index contributed by atoms with van der Waals surface area (Å²) in [4.78, 5) is 24.0. The Hall–Kier alpha value is -2.95. The summed E-state index contributed by atoms with van der Waals surface area (Å²) in [6.45, 7) is 5.36. The molecule has 0 radical (unpaired) electrons. The molecule has 2 aromatic carbocycles. The van der Waals surface area contributed by atoms with Crippen molar-refractivity contribution >= 4 is 29.3 Å². The van der Waals surface area contributed by atoms with Gasteiger partial charge in [0.2, 0.25) is 11.8 Å². The van der Waals surface area contributed by atoms with Crippen molar-refractivity contribution in [2.24, 2.45) is 0 Å². The summed E-state index contributed by atoms with van der Waals surface area (Å²) in [5.74, 6) is -0.750. The molecule has 0 unspecified atom stereocenters. The number of hydrogen-bond donors (Lipinski definition) is 2. The molecule has 3 rings (SSSR count). The lowest BCUT2D eigenvalue weighted by atomic mass is 9.86. The first-order valence-corrected chi connectivity index (χ1v) is 7.99. The molecule has 0 bridgehead atoms. The number of benzene rings is 2. The zero-order valence-corrected chi connectivity index (χ0v) is 14.3. The summed E-state index contributed by atoms with van der Waals surface area (Å²) in [7, 11) is 0. The second-order valence-corrected chi connectivity index (χ2v) is 6.62. The van der Waals surface area contributed by atoms with Crippen LogP contribution < -0.4 is 10.6 Å². The third kappa shape index (κ3) is 3.18. The summed E-state index contributed by atoms with van der Waals surface area (Å²) >= 11 is 0. The fourth-order valence-electron chi connectivity index (χ4n) is 2.80. The molecule has 1 heterocycles. The number of fused-ring (bicyclic) bond motifs is 1. The molecule has 0 aromatic heterocycles. The van der Waals surface area contributed by atoms with E-state index in [9.17, 15) is 14.0 Å². The fraction of sp³-hybridized carbons (Fsp3) is 0.200. The first kappa shape index (κ1) is 16.9. The predicted octanol–water partition coefficient (Wildman–Crippen LogP) is 4.02. The van der Waals surface area contributed by atoms with Crippen LogP contribution in [0.25, 0.3) is 6.08 Å². The quantitative estimate of drug-likeness (QED) is 0.831. The monoisotopic (exact) mass is 338 g/mol. The van der Waals surface area contributed by atoms with E-state index in [0.717, 1.165) is 16.8 Å². The van der Waals surface area contributed by atoms with Gasteiger partial charge in [-0.1, -0.05) is 18.2 Å². The first-order valence-electron chi connectivity index (χ1n) is 7.99. The van der Waals surface area contributed by atoms with E-state index in [1.54, 1.807) is 25.1 Å². The minimum atomic E-state index is -0.552. The largest absolute Gasteiger partial charge is 0.325 e. The number of nitrogens with one attached hydrogen (secondary N) is 2. The van der Waals surface area contributed by atoms with Crippen LogP contribution in [0.5, 0.6) is 0 Å². The lowest BCUT2D eigenvalue weighted by Gasteiger charge is -2.14. The Labute approximate surface area is 145 Å². The highest BCUT2D eigenvalue weighted by atomic mass is 19.1. The van der Waals surface area contributed by atoms with Gasteiger partial charge in [0.05, 0.1) is 5.41 Å². The van der Waals surface area contributed by atoms with Crippen LogP contribution in [0.3, 0.4) is 0 Å². The van der Waals surface area contributed by atoms with Gasteiger partial charge < -0.3 is 10.6 Å². The molecule has 5 heteroatoms. The second-order valence-electron chi connectivity index (χ2n) is 6.62. The van der Waals surface area contributed by atoms with E-state index in [1.807, 2.05) is 32.0 Å². The number of anilines is 2. The fourth-order valence-corrected chi connectivity index (χ4v) is 2.80. The Balaban J connectivity index is 1.75. The average molecular weight is 338 g/mol. The van der Waals surface area contributed by atoms with Crippen LogP contribution in [0.15, 0.2) is 42.5 Å². The molecular weight excluding hydrogens is 319 g/mol. The van der Waals surface area contributed by atoms with Crippen LogP contribution in [0.1, 0.15) is 30.5 Å². The van der Waals surface area contributed by atoms with Crippen molar-refractivity contribution in [2.75, 3.05) is 10.6 Å². The summed E-state index contributed by atoms with van der Waals surface area (Å²) in [6, 6.07) is 10.1. The molecule has 0 saturated heterocycles. The van der Waals surface area contributed by atoms with Crippen LogP contribution in [-0.4, -0.2) is 11.8 Å². The standard InChI is InChI=1S/C20H19FN2O2/c1-12-15(21)5-4-6-16(12)22-18(24)10-8-13-7-9-14-17(11-13)23-19(25)20(14,2)3/h4-11H,1-3H3,(H,22,24)(H,23,25)/b10-8+. The van der Waals surface area contributed by atoms with Gasteiger partial charge in [0, 0.05) is 23.0 Å². The van der Waals surface area contributed by atoms with E-state index in [-0.39, 0.29) is 17.6 Å². The number of carbonyl (C=O) groups excluding carboxylic acids is 2. The zero-order chi connectivity index (χ0) is 18.2. The lowest BCUT2D eigenvalue weighted by molar-refractivity contribution is -0.119. The van der Waals surface area contributed by atoms with Gasteiger partial charge >= 0.3 is 0 Å². The molecule has 128 valence electrons. The molecule has 0 fully saturated rings. The molecule has 0 spiro atoms. The highest BCUT2D eigenvalue weighted by Crippen LogP contribution is 2.37. The van der Waals surface area contributed by atoms with Gasteiger partial charge in [-0.2, -0.15) is 0 Å². The minimum Gasteiger partial charge on any atom is -0.325 e. The van der Waals surface area contributed by atoms with Crippen molar-refractivity contribution in [2.45, 2.75) is 26.2 Å². The summed E-state index contributed by atoms with van der Waals surface area (Å²) in [6.07, 6.45) is 3.04. The van der Waals surface area contributed by atoms with Crippen molar-refractivity contribution in [3.05, 3.63) is 65.0 Å². The molecule has 0 saturated carbocycles. The minimum absolute atomic E-state index is 0.0389. The molecule has 0 atom stereocenters. The highest BCUT2D eigenvalue weighted by molar-refractivity contribution is 6.06. The summed E-state index contributed by atoms with van der Waals surface area (Å²) in [5.41, 5.74) is 2.78. The van der Waals surface area contributed by atoms with Crippen LogP contribution in [0.2, 0.25) is 0 Å². The van der Waals surface area contributed by atoms with E-state index in [4.69, 9.17) is 0 Å². The topological polar surface area (TPSA) is 58.2 Å². The van der Waals surface area contributed by atoms with E-state index in [2.05, 4.69) is 10.6 Å². The first-order chi connectivity index (χ1) is 11.8. The third-order valence-corrected chi connectivity index (χ3v) is 4.49. The van der Waals surface area contributed by atoms with Crippen molar-refractivity contribution in [1.29, 1.82) is 0 Å². The van der Waals surface area contributed by atoms with Crippen LogP contribution in [0.4, 0.5) is 15.8 Å². The van der Waals surface area contributed by atoms with Gasteiger partial charge in [-0.05, 0) is 56.2 Å². The molecule has 2 aromatic rings. The molecule has 1 aliphatic rings. The van der Waals surface area contributed by atoms with Crippen LogP contribution >= 0.6 is 0 Å². The Kier molecular flexibility index (Phi) is 4.17. The van der Waals surface area contributed by atoms with Crippen molar-refractivity contribution in [3.8, 4) is 0 Å². The molecule has 2 amide bonds. The van der Waals surface area contributed by atoms with Gasteiger partial charge in [0.25, 0.3) is 0 Å². The van der Waals surface area contributed by atoms with Gasteiger partial charge in [0.1, 0.15) is 5.82 Å². The summed E-state index contributed by atoms with van der Waals surface area (Å²) < 4.78 is 13.5. The number of amides is 2. The Morgan fingerprint density at radius 2 is 2.00 bits per heavy atom. The van der Waals surface area contributed by atoms with Gasteiger partial charge in [-0.25, -0.2) is 4.39 Å². The Morgan fingerprint density at radius 1 is 1.24 bits per heavy atom. The molecule has 2 N–H and O–H groups in total. The van der Waals surface area contributed by atoms with Crippen molar-refractivity contribution < 1.29 is 14.0 Å². The van der Waals surface area contributed by atoms with E-state index in [1.165, 1.54) is 12.1 Å². The molecular formula is C20H19FN2O2. The number of halogens is 1. The normalized spacial score (nSPS) is 15.1. The molecule has 1 aliphatic heterocycles. The van der Waals surface area contributed by atoms with Crippen LogP contribution in [-0.2, 0) is 15.0 Å². The second kappa shape index (κ2) is 6.16. The number of hydrogen-bond acceptors (Lipinski definition) is 2. The zero-order valence-electron chi connectivity index (χ0n) is 14.3. The molecule has 25 heavy (non-hydrogen) atoms. The Bertz CT molecular complexity index is 901. The molecule has 4 nitrogen and oxygen atoms in total. The van der Waals surface area contributed by atoms with E-state index >= 15 is 0 Å². The maximum absolute atomic E-state index is 13.5. The Morgan fingerprint density at radius 3 is 2.76 bits per heavy atom. The van der Waals surface area contributed by atoms with Crippen molar-refractivity contribution in [1.82, 2.24) is 0 Å². The van der Waals surface area contributed by atoms with Crippen molar-refractivity contribution in [3.63, 3.8) is 0 Å². The van der Waals surface area contributed by atoms with E-state index in [0.29, 0.717) is 11.3 Å². The van der Waals surface area contributed by atoms with Gasteiger partial charge in [-0.3, -0.25) is 9.59 Å². The summed E-state index contributed by atoms with van der Waals surface area (Å²) in [5, 5.41) is 5.51. The SMILES string of the molecule is Cc1c(F)cccc1NC(=O)/C=C/c1ccc2c(c1)NC(=O)C2(C)C. The third-order valence-electron chi connectivity index (χ3n) is 4.49. The smallest absolute Gasteiger partial charge is 0.248 e. The van der Waals surface area contributed by atoms with E-state index < -0.39 is 5.41 Å².